The van der Waals surface area contributed by atoms with Gasteiger partial charge < -0.3 is 5.32 Å². The third-order valence-electron chi connectivity index (χ3n) is 2.51. The lowest BCUT2D eigenvalue weighted by Crippen LogP contribution is -2.17. The van der Waals surface area contributed by atoms with Crippen molar-refractivity contribution >= 4 is 50.5 Å². The molecule has 0 fully saturated rings. The van der Waals surface area contributed by atoms with Gasteiger partial charge in [-0.25, -0.2) is 0 Å². The van der Waals surface area contributed by atoms with Crippen LogP contribution >= 0.6 is 50.5 Å². The fourth-order valence-corrected chi connectivity index (χ4v) is 3.67. The van der Waals surface area contributed by atoms with Gasteiger partial charge in [0, 0.05) is 19.9 Å². The third-order valence-corrected chi connectivity index (χ3v) is 4.84. The smallest absolute Gasteiger partial charge is 0.0609 e. The van der Waals surface area contributed by atoms with Crippen LogP contribution in [-0.4, -0.2) is 7.05 Å². The van der Waals surface area contributed by atoms with Crippen molar-refractivity contribution in [3.63, 3.8) is 0 Å². The van der Waals surface area contributed by atoms with Gasteiger partial charge in [0.25, 0.3) is 0 Å². The highest BCUT2D eigenvalue weighted by molar-refractivity contribution is 9.10. The van der Waals surface area contributed by atoms with E-state index in [0.29, 0.717) is 10.0 Å². The average molecular weight is 351 g/mol. The monoisotopic (exact) mass is 349 g/mol. The highest BCUT2D eigenvalue weighted by atomic mass is 79.9. The van der Waals surface area contributed by atoms with Gasteiger partial charge in [-0.2, -0.15) is 11.3 Å². The molecule has 90 valence electrons. The minimum Gasteiger partial charge on any atom is -0.309 e. The molecule has 0 aliphatic heterocycles. The molecule has 0 saturated carbocycles. The summed E-state index contributed by atoms with van der Waals surface area (Å²) in [4.78, 5) is 0. The number of hydrogen-bond donors (Lipinski definition) is 1. The molecule has 0 bridgehead atoms. The molecule has 1 atom stereocenters. The summed E-state index contributed by atoms with van der Waals surface area (Å²) in [6.45, 7) is 0. The van der Waals surface area contributed by atoms with Gasteiger partial charge in [0.15, 0.2) is 0 Å². The first-order valence-corrected chi connectivity index (χ1v) is 7.46. The van der Waals surface area contributed by atoms with Gasteiger partial charge in [-0.15, -0.1) is 0 Å². The van der Waals surface area contributed by atoms with E-state index >= 15 is 0 Å². The molecule has 0 spiro atoms. The average Bonchev–Trinajstić information content (AvgIpc) is 2.71. The molecule has 1 N–H and O–H groups in total. The SMILES string of the molecule is CNC(c1cc(Cl)ccc1Cl)c1cscc1Br. The Hall–Kier alpha value is -0.0600. The predicted octanol–water partition coefficient (Wildman–Crippen LogP) is 5.13. The Kier molecular flexibility index (Phi) is 4.50. The number of benzene rings is 1. The third kappa shape index (κ3) is 2.85. The number of hydrogen-bond acceptors (Lipinski definition) is 2. The standard InChI is InChI=1S/C12H10BrCl2NS/c1-16-12(9-5-17-6-10(9)13)8-4-7(14)2-3-11(8)15/h2-6,12,16H,1H3. The molecule has 0 aliphatic rings. The maximum absolute atomic E-state index is 6.23. The van der Waals surface area contributed by atoms with Gasteiger partial charge in [-0.05, 0) is 57.7 Å². The Labute approximate surface area is 123 Å². The van der Waals surface area contributed by atoms with E-state index in [1.807, 2.05) is 19.2 Å². The molecule has 0 amide bonds. The first-order chi connectivity index (χ1) is 8.13. The van der Waals surface area contributed by atoms with E-state index in [0.717, 1.165) is 10.0 Å². The minimum atomic E-state index is 0.0434. The van der Waals surface area contributed by atoms with Gasteiger partial charge >= 0.3 is 0 Å². The quantitative estimate of drug-likeness (QED) is 0.809. The predicted molar refractivity (Wildman–Crippen MR) is 79.4 cm³/mol. The molecular formula is C12H10BrCl2NS. The van der Waals surface area contributed by atoms with Crippen molar-refractivity contribution in [2.45, 2.75) is 6.04 Å². The highest BCUT2D eigenvalue weighted by Crippen LogP contribution is 2.35. The fraction of sp³-hybridized carbons (Fsp3) is 0.167. The van der Waals surface area contributed by atoms with Crippen LogP contribution in [0.1, 0.15) is 17.2 Å². The molecule has 1 aromatic carbocycles. The van der Waals surface area contributed by atoms with E-state index in [1.165, 1.54) is 5.56 Å². The molecule has 1 nitrogen and oxygen atoms in total. The Morgan fingerprint density at radius 1 is 1.24 bits per heavy atom. The number of thiophene rings is 1. The number of halogens is 3. The first kappa shape index (κ1) is 13.4. The van der Waals surface area contributed by atoms with Crippen LogP contribution in [0.5, 0.6) is 0 Å². The van der Waals surface area contributed by atoms with Crippen LogP contribution in [0.2, 0.25) is 10.0 Å². The topological polar surface area (TPSA) is 12.0 Å². The van der Waals surface area contributed by atoms with Crippen LogP contribution in [0.3, 0.4) is 0 Å². The Morgan fingerprint density at radius 2 is 2.00 bits per heavy atom. The maximum Gasteiger partial charge on any atom is 0.0609 e. The Bertz CT molecular complexity index is 527. The zero-order chi connectivity index (χ0) is 12.4. The Morgan fingerprint density at radius 3 is 2.59 bits per heavy atom. The maximum atomic E-state index is 6.23. The van der Waals surface area contributed by atoms with Gasteiger partial charge in [0.2, 0.25) is 0 Å². The van der Waals surface area contributed by atoms with E-state index in [4.69, 9.17) is 23.2 Å². The highest BCUT2D eigenvalue weighted by Gasteiger charge is 2.18. The zero-order valence-electron chi connectivity index (χ0n) is 9.01. The summed E-state index contributed by atoms with van der Waals surface area (Å²) in [6, 6.07) is 5.56. The second kappa shape index (κ2) is 5.72. The molecule has 1 aromatic heterocycles. The zero-order valence-corrected chi connectivity index (χ0v) is 12.9. The van der Waals surface area contributed by atoms with E-state index in [1.54, 1.807) is 17.4 Å². The summed E-state index contributed by atoms with van der Waals surface area (Å²) >= 11 is 17.4. The van der Waals surface area contributed by atoms with Crippen molar-refractivity contribution < 1.29 is 0 Å². The lowest BCUT2D eigenvalue weighted by molar-refractivity contribution is 0.692. The molecule has 5 heteroatoms. The molecule has 1 heterocycles. The van der Waals surface area contributed by atoms with Crippen LogP contribution in [0, 0.1) is 0 Å². The van der Waals surface area contributed by atoms with Gasteiger partial charge in [-0.3, -0.25) is 0 Å². The largest absolute Gasteiger partial charge is 0.309 e. The molecule has 2 aromatic rings. The van der Waals surface area contributed by atoms with Crippen LogP contribution in [0.4, 0.5) is 0 Å². The summed E-state index contributed by atoms with van der Waals surface area (Å²) in [5.41, 5.74) is 2.16. The lowest BCUT2D eigenvalue weighted by Gasteiger charge is -2.18. The van der Waals surface area contributed by atoms with Crippen LogP contribution in [-0.2, 0) is 0 Å². The van der Waals surface area contributed by atoms with Crippen molar-refractivity contribution in [3.05, 3.63) is 54.6 Å². The van der Waals surface area contributed by atoms with Crippen molar-refractivity contribution in [3.8, 4) is 0 Å². The minimum absolute atomic E-state index is 0.0434. The van der Waals surface area contributed by atoms with Gasteiger partial charge in [0.05, 0.1) is 6.04 Å². The number of nitrogens with one attached hydrogen (secondary N) is 1. The molecule has 0 aliphatic carbocycles. The molecular weight excluding hydrogens is 341 g/mol. The Balaban J connectivity index is 2.49. The van der Waals surface area contributed by atoms with E-state index < -0.39 is 0 Å². The van der Waals surface area contributed by atoms with E-state index in [-0.39, 0.29) is 6.04 Å². The second-order valence-corrected chi connectivity index (χ2v) is 6.00. The second-order valence-electron chi connectivity index (χ2n) is 3.56. The van der Waals surface area contributed by atoms with Crippen molar-refractivity contribution in [2.75, 3.05) is 7.05 Å². The first-order valence-electron chi connectivity index (χ1n) is 4.97. The lowest BCUT2D eigenvalue weighted by atomic mass is 10.0. The summed E-state index contributed by atoms with van der Waals surface area (Å²) in [5.74, 6) is 0. The normalized spacial score (nSPS) is 12.7. The van der Waals surface area contributed by atoms with Gasteiger partial charge in [-0.1, -0.05) is 23.2 Å². The van der Waals surface area contributed by atoms with Crippen molar-refractivity contribution in [1.82, 2.24) is 5.32 Å². The van der Waals surface area contributed by atoms with E-state index in [2.05, 4.69) is 32.0 Å². The summed E-state index contributed by atoms with van der Waals surface area (Å²) in [5, 5.41) is 8.82. The molecule has 0 saturated heterocycles. The molecule has 17 heavy (non-hydrogen) atoms. The summed E-state index contributed by atoms with van der Waals surface area (Å²) in [7, 11) is 1.91. The van der Waals surface area contributed by atoms with Crippen LogP contribution in [0.15, 0.2) is 33.4 Å². The molecule has 0 radical (unpaired) electrons. The number of rotatable bonds is 3. The van der Waals surface area contributed by atoms with Crippen molar-refractivity contribution in [2.24, 2.45) is 0 Å². The molecule has 2 rings (SSSR count). The van der Waals surface area contributed by atoms with Crippen LogP contribution in [0.25, 0.3) is 0 Å². The van der Waals surface area contributed by atoms with Crippen LogP contribution < -0.4 is 5.32 Å². The van der Waals surface area contributed by atoms with Gasteiger partial charge in [0.1, 0.15) is 0 Å². The fourth-order valence-electron chi connectivity index (χ4n) is 1.71. The van der Waals surface area contributed by atoms with E-state index in [9.17, 15) is 0 Å². The summed E-state index contributed by atoms with van der Waals surface area (Å²) < 4.78 is 1.08. The van der Waals surface area contributed by atoms with Crippen molar-refractivity contribution in [1.29, 1.82) is 0 Å². The summed E-state index contributed by atoms with van der Waals surface area (Å²) in [6.07, 6.45) is 0. The molecule has 1 unspecified atom stereocenters.